The largest absolute Gasteiger partial charge is 0.482 e. The van der Waals surface area contributed by atoms with E-state index < -0.39 is 10.0 Å². The van der Waals surface area contributed by atoms with Gasteiger partial charge in [0.05, 0.1) is 10.6 Å². The maximum Gasteiger partial charge on any atom is 0.265 e. The van der Waals surface area contributed by atoms with Crippen molar-refractivity contribution in [3.05, 3.63) is 54.1 Å². The molecule has 0 unspecified atom stereocenters. The zero-order valence-corrected chi connectivity index (χ0v) is 18.0. The van der Waals surface area contributed by atoms with Crippen molar-refractivity contribution in [2.75, 3.05) is 25.1 Å². The number of hydrogen-bond donors (Lipinski definition) is 1. The molecule has 160 valence electrons. The number of rotatable bonds is 7. The predicted octanol–water partition coefficient (Wildman–Crippen LogP) is 1.76. The summed E-state index contributed by atoms with van der Waals surface area (Å²) in [7, 11) is -2.01. The number of para-hydroxylation sites is 2. The molecule has 2 amide bonds. The first-order valence-electron chi connectivity index (χ1n) is 9.56. The van der Waals surface area contributed by atoms with Crippen LogP contribution in [-0.2, 0) is 26.2 Å². The molecule has 0 atom stereocenters. The Balaban J connectivity index is 1.61. The Morgan fingerprint density at radius 3 is 2.50 bits per heavy atom. The van der Waals surface area contributed by atoms with Crippen molar-refractivity contribution in [1.82, 2.24) is 9.62 Å². The molecule has 2 aromatic carbocycles. The van der Waals surface area contributed by atoms with Crippen LogP contribution >= 0.6 is 0 Å². The number of nitrogens with zero attached hydrogens (tertiary/aromatic N) is 2. The van der Waals surface area contributed by atoms with Gasteiger partial charge in [-0.3, -0.25) is 14.5 Å². The van der Waals surface area contributed by atoms with E-state index in [0.717, 1.165) is 5.56 Å². The van der Waals surface area contributed by atoms with Crippen molar-refractivity contribution < 1.29 is 22.7 Å². The Morgan fingerprint density at radius 2 is 1.83 bits per heavy atom. The Kier molecular flexibility index (Phi) is 6.42. The van der Waals surface area contributed by atoms with E-state index in [0.29, 0.717) is 11.4 Å². The molecule has 30 heavy (non-hydrogen) atoms. The molecule has 0 saturated heterocycles. The summed E-state index contributed by atoms with van der Waals surface area (Å²) in [5.74, 6) is -0.0444. The van der Waals surface area contributed by atoms with Crippen LogP contribution in [0.3, 0.4) is 0 Å². The molecular formula is C21H25N3O5S. The van der Waals surface area contributed by atoms with Gasteiger partial charge < -0.3 is 10.1 Å². The highest BCUT2D eigenvalue weighted by atomic mass is 32.2. The van der Waals surface area contributed by atoms with Crippen LogP contribution in [0.15, 0.2) is 53.4 Å². The molecule has 1 N–H and O–H groups in total. The van der Waals surface area contributed by atoms with Crippen molar-refractivity contribution in [2.24, 2.45) is 0 Å². The van der Waals surface area contributed by atoms with Crippen LogP contribution in [0.25, 0.3) is 0 Å². The molecule has 0 spiro atoms. The Hall–Kier alpha value is -2.91. The zero-order chi connectivity index (χ0) is 21.9. The third-order valence-electron chi connectivity index (χ3n) is 4.93. The Morgan fingerprint density at radius 1 is 1.17 bits per heavy atom. The summed E-state index contributed by atoms with van der Waals surface area (Å²) in [4.78, 5) is 26.1. The number of benzene rings is 2. The van der Waals surface area contributed by atoms with Gasteiger partial charge in [-0.05, 0) is 43.7 Å². The van der Waals surface area contributed by atoms with E-state index in [-0.39, 0.29) is 42.4 Å². The van der Waals surface area contributed by atoms with Gasteiger partial charge >= 0.3 is 0 Å². The molecule has 0 aromatic heterocycles. The molecule has 2 aromatic rings. The van der Waals surface area contributed by atoms with Gasteiger partial charge in [0.15, 0.2) is 6.61 Å². The fourth-order valence-electron chi connectivity index (χ4n) is 2.95. The van der Waals surface area contributed by atoms with Gasteiger partial charge in [0.1, 0.15) is 12.3 Å². The number of carbonyl (C=O) groups excluding carboxylic acids is 2. The Labute approximate surface area is 176 Å². The average molecular weight is 432 g/mol. The van der Waals surface area contributed by atoms with E-state index in [9.17, 15) is 18.0 Å². The zero-order valence-electron chi connectivity index (χ0n) is 17.2. The molecule has 1 aliphatic heterocycles. The topological polar surface area (TPSA) is 96.0 Å². The SMILES string of the molecule is CC(C)N(C)S(=O)(=O)c1ccc(CNC(=O)CN2C(=O)COc3ccccc32)cc1. The van der Waals surface area contributed by atoms with Crippen LogP contribution < -0.4 is 15.0 Å². The van der Waals surface area contributed by atoms with Gasteiger partial charge in [0.2, 0.25) is 15.9 Å². The molecule has 8 nitrogen and oxygen atoms in total. The smallest absolute Gasteiger partial charge is 0.265 e. The normalized spacial score (nSPS) is 13.9. The molecular weight excluding hydrogens is 406 g/mol. The summed E-state index contributed by atoms with van der Waals surface area (Å²) >= 11 is 0. The first kappa shape index (κ1) is 21.8. The van der Waals surface area contributed by atoms with E-state index in [1.807, 2.05) is 0 Å². The van der Waals surface area contributed by atoms with Crippen LogP contribution in [0, 0.1) is 0 Å². The minimum absolute atomic E-state index is 0.106. The van der Waals surface area contributed by atoms with E-state index >= 15 is 0 Å². The lowest BCUT2D eigenvalue weighted by atomic mass is 10.2. The van der Waals surface area contributed by atoms with Crippen LogP contribution in [-0.4, -0.2) is 50.8 Å². The van der Waals surface area contributed by atoms with E-state index in [2.05, 4.69) is 5.32 Å². The molecule has 1 heterocycles. The van der Waals surface area contributed by atoms with Crippen molar-refractivity contribution in [3.8, 4) is 5.75 Å². The number of nitrogens with one attached hydrogen (secondary N) is 1. The summed E-state index contributed by atoms with van der Waals surface area (Å²) in [5, 5.41) is 2.76. The first-order valence-corrected chi connectivity index (χ1v) is 11.0. The third-order valence-corrected chi connectivity index (χ3v) is 6.97. The fraction of sp³-hybridized carbons (Fsp3) is 0.333. The van der Waals surface area contributed by atoms with Crippen LogP contribution in [0.1, 0.15) is 19.4 Å². The molecule has 0 bridgehead atoms. The van der Waals surface area contributed by atoms with E-state index in [1.54, 1.807) is 57.3 Å². The summed E-state index contributed by atoms with van der Waals surface area (Å²) in [6, 6.07) is 13.3. The second kappa shape index (κ2) is 8.85. The molecule has 9 heteroatoms. The molecule has 0 fully saturated rings. The molecule has 3 rings (SSSR count). The molecule has 1 aliphatic rings. The molecule has 0 radical (unpaired) electrons. The van der Waals surface area contributed by atoms with Gasteiger partial charge in [-0.25, -0.2) is 8.42 Å². The number of amides is 2. The average Bonchev–Trinajstić information content (AvgIpc) is 2.74. The maximum absolute atomic E-state index is 12.5. The maximum atomic E-state index is 12.5. The highest BCUT2D eigenvalue weighted by molar-refractivity contribution is 7.89. The van der Waals surface area contributed by atoms with E-state index in [1.165, 1.54) is 21.3 Å². The third kappa shape index (κ3) is 4.63. The van der Waals surface area contributed by atoms with Gasteiger partial charge in [-0.15, -0.1) is 0 Å². The highest BCUT2D eigenvalue weighted by Crippen LogP contribution is 2.31. The van der Waals surface area contributed by atoms with Crippen LogP contribution in [0.2, 0.25) is 0 Å². The number of hydrogen-bond acceptors (Lipinski definition) is 5. The first-order chi connectivity index (χ1) is 14.2. The van der Waals surface area contributed by atoms with Crippen molar-refractivity contribution in [1.29, 1.82) is 0 Å². The summed E-state index contributed by atoms with van der Waals surface area (Å²) in [6.07, 6.45) is 0. The van der Waals surface area contributed by atoms with Crippen molar-refractivity contribution in [2.45, 2.75) is 31.3 Å². The lowest BCUT2D eigenvalue weighted by molar-refractivity contribution is -0.125. The van der Waals surface area contributed by atoms with Crippen molar-refractivity contribution in [3.63, 3.8) is 0 Å². The monoisotopic (exact) mass is 431 g/mol. The lowest BCUT2D eigenvalue weighted by Gasteiger charge is -2.28. The number of sulfonamides is 1. The van der Waals surface area contributed by atoms with Crippen LogP contribution in [0.4, 0.5) is 5.69 Å². The number of anilines is 1. The Bertz CT molecular complexity index is 1030. The highest BCUT2D eigenvalue weighted by Gasteiger charge is 2.27. The molecule has 0 aliphatic carbocycles. The summed E-state index contributed by atoms with van der Waals surface area (Å²) < 4.78 is 31.7. The molecule has 0 saturated carbocycles. The van der Waals surface area contributed by atoms with Gasteiger partial charge in [0.25, 0.3) is 5.91 Å². The summed E-state index contributed by atoms with van der Waals surface area (Å²) in [5.41, 5.74) is 1.32. The quantitative estimate of drug-likeness (QED) is 0.721. The standard InChI is InChI=1S/C21H25N3O5S/c1-15(2)23(3)30(27,28)17-10-8-16(9-11-17)12-22-20(25)13-24-18-6-4-5-7-19(18)29-14-21(24)26/h4-11,15H,12-14H2,1-3H3,(H,22,25). The predicted molar refractivity (Wildman–Crippen MR) is 113 cm³/mol. The van der Waals surface area contributed by atoms with Gasteiger partial charge in [-0.1, -0.05) is 24.3 Å². The van der Waals surface area contributed by atoms with Crippen LogP contribution in [0.5, 0.6) is 5.75 Å². The lowest BCUT2D eigenvalue weighted by Crippen LogP contribution is -2.45. The van der Waals surface area contributed by atoms with Crippen molar-refractivity contribution >= 4 is 27.5 Å². The summed E-state index contributed by atoms with van der Waals surface area (Å²) in [6.45, 7) is 3.60. The second-order valence-electron chi connectivity index (χ2n) is 7.27. The second-order valence-corrected chi connectivity index (χ2v) is 9.27. The number of fused-ring (bicyclic) bond motifs is 1. The minimum Gasteiger partial charge on any atom is -0.482 e. The fourth-order valence-corrected chi connectivity index (χ4v) is 4.32. The number of carbonyl (C=O) groups is 2. The van der Waals surface area contributed by atoms with E-state index in [4.69, 9.17) is 4.74 Å². The number of ether oxygens (including phenoxy) is 1. The van der Waals surface area contributed by atoms with Gasteiger partial charge in [-0.2, -0.15) is 4.31 Å². The van der Waals surface area contributed by atoms with Gasteiger partial charge in [0, 0.05) is 19.6 Å². The minimum atomic E-state index is -3.55.